The van der Waals surface area contributed by atoms with Gasteiger partial charge in [0.25, 0.3) is 5.69 Å². The summed E-state index contributed by atoms with van der Waals surface area (Å²) in [5.41, 5.74) is 1.36. The minimum atomic E-state index is -0.361. The fourth-order valence-electron chi connectivity index (χ4n) is 2.10. The average Bonchev–Trinajstić information content (AvgIpc) is 2.65. The maximum absolute atomic E-state index is 10.5. The number of rotatable bonds is 2. The Kier molecular flexibility index (Phi) is 2.68. The van der Waals surface area contributed by atoms with Gasteiger partial charge in [0.15, 0.2) is 0 Å². The molecule has 0 saturated carbocycles. The van der Waals surface area contributed by atoms with Crippen molar-refractivity contribution in [3.8, 4) is 0 Å². The van der Waals surface area contributed by atoms with Crippen LogP contribution in [0.1, 0.15) is 18.4 Å². The van der Waals surface area contributed by atoms with E-state index in [2.05, 4.69) is 12.2 Å². The van der Waals surface area contributed by atoms with Crippen molar-refractivity contribution < 1.29 is 4.92 Å². The molecule has 1 saturated heterocycles. The van der Waals surface area contributed by atoms with Crippen LogP contribution in [-0.4, -0.2) is 18.0 Å². The molecule has 2 rings (SSSR count). The van der Waals surface area contributed by atoms with Crippen LogP contribution in [0.2, 0.25) is 0 Å². The third-order valence-corrected chi connectivity index (χ3v) is 3.05. The number of nitrogens with one attached hydrogen (secondary N) is 1. The zero-order valence-electron chi connectivity index (χ0n) is 8.64. The molecule has 0 radical (unpaired) electrons. The monoisotopic (exact) mass is 206 g/mol. The highest BCUT2D eigenvalue weighted by atomic mass is 16.6. The third kappa shape index (κ3) is 1.99. The summed E-state index contributed by atoms with van der Waals surface area (Å²) in [5, 5.41) is 13.8. The Morgan fingerprint density at radius 3 is 2.47 bits per heavy atom. The summed E-state index contributed by atoms with van der Waals surface area (Å²) in [5.74, 6) is 1.09. The largest absolute Gasteiger partial charge is 0.316 e. The second-order valence-electron chi connectivity index (χ2n) is 4.09. The Labute approximate surface area is 88.5 Å². The molecule has 4 nitrogen and oxygen atoms in total. The number of hydrogen-bond donors (Lipinski definition) is 1. The van der Waals surface area contributed by atoms with Crippen molar-refractivity contribution in [2.75, 3.05) is 13.1 Å². The first-order valence-corrected chi connectivity index (χ1v) is 5.13. The van der Waals surface area contributed by atoms with Gasteiger partial charge in [-0.1, -0.05) is 19.1 Å². The van der Waals surface area contributed by atoms with Crippen LogP contribution in [0, 0.1) is 16.0 Å². The summed E-state index contributed by atoms with van der Waals surface area (Å²) in [7, 11) is 0. The topological polar surface area (TPSA) is 55.2 Å². The first kappa shape index (κ1) is 10.1. The fourth-order valence-corrected chi connectivity index (χ4v) is 2.10. The van der Waals surface area contributed by atoms with E-state index in [1.807, 2.05) is 12.1 Å². The van der Waals surface area contributed by atoms with Gasteiger partial charge in [-0.3, -0.25) is 10.1 Å². The molecule has 1 aromatic carbocycles. The number of hydrogen-bond acceptors (Lipinski definition) is 3. The Balaban J connectivity index is 2.19. The normalized spacial score (nSPS) is 25.4. The van der Waals surface area contributed by atoms with Gasteiger partial charge in [-0.2, -0.15) is 0 Å². The fraction of sp³-hybridized carbons (Fsp3) is 0.455. The molecule has 0 bridgehead atoms. The maximum Gasteiger partial charge on any atom is 0.269 e. The van der Waals surface area contributed by atoms with E-state index in [0.717, 1.165) is 13.1 Å². The lowest BCUT2D eigenvalue weighted by Crippen LogP contribution is -2.07. The Bertz CT molecular complexity index is 361. The summed E-state index contributed by atoms with van der Waals surface area (Å²) in [4.78, 5) is 10.1. The molecular formula is C11H14N2O2. The summed E-state index contributed by atoms with van der Waals surface area (Å²) in [6.07, 6.45) is 0. The van der Waals surface area contributed by atoms with Crippen molar-refractivity contribution in [2.24, 2.45) is 5.92 Å². The van der Waals surface area contributed by atoms with Gasteiger partial charge in [-0.05, 0) is 18.0 Å². The molecule has 1 aliphatic rings. The summed E-state index contributed by atoms with van der Waals surface area (Å²) >= 11 is 0. The molecule has 15 heavy (non-hydrogen) atoms. The van der Waals surface area contributed by atoms with Crippen LogP contribution >= 0.6 is 0 Å². The molecule has 4 heteroatoms. The molecule has 1 aliphatic heterocycles. The third-order valence-electron chi connectivity index (χ3n) is 3.05. The summed E-state index contributed by atoms with van der Waals surface area (Å²) in [6.45, 7) is 4.20. The predicted octanol–water partition coefficient (Wildman–Crippen LogP) is 1.92. The first-order valence-electron chi connectivity index (χ1n) is 5.13. The van der Waals surface area contributed by atoms with E-state index < -0.39 is 0 Å². The van der Waals surface area contributed by atoms with Crippen molar-refractivity contribution in [3.05, 3.63) is 39.9 Å². The van der Waals surface area contributed by atoms with Gasteiger partial charge >= 0.3 is 0 Å². The van der Waals surface area contributed by atoms with Crippen LogP contribution in [0.15, 0.2) is 24.3 Å². The quantitative estimate of drug-likeness (QED) is 0.594. The number of nitrogens with zero attached hydrogens (tertiary/aromatic N) is 1. The molecular weight excluding hydrogens is 192 g/mol. The van der Waals surface area contributed by atoms with Gasteiger partial charge in [0.2, 0.25) is 0 Å². The van der Waals surface area contributed by atoms with Crippen LogP contribution in [-0.2, 0) is 0 Å². The lowest BCUT2D eigenvalue weighted by molar-refractivity contribution is -0.384. The van der Waals surface area contributed by atoms with Gasteiger partial charge in [0, 0.05) is 24.6 Å². The van der Waals surface area contributed by atoms with Crippen LogP contribution in [0.3, 0.4) is 0 Å². The summed E-state index contributed by atoms with van der Waals surface area (Å²) in [6, 6.07) is 6.90. The van der Waals surface area contributed by atoms with Crippen molar-refractivity contribution in [1.29, 1.82) is 0 Å². The average molecular weight is 206 g/mol. The Morgan fingerprint density at radius 2 is 2.00 bits per heavy atom. The Hall–Kier alpha value is -1.42. The van der Waals surface area contributed by atoms with Gasteiger partial charge < -0.3 is 5.32 Å². The molecule has 1 N–H and O–H groups in total. The van der Waals surface area contributed by atoms with Gasteiger partial charge in [0.05, 0.1) is 4.92 Å². The van der Waals surface area contributed by atoms with E-state index in [9.17, 15) is 10.1 Å². The van der Waals surface area contributed by atoms with Gasteiger partial charge in [-0.25, -0.2) is 0 Å². The molecule has 1 heterocycles. The molecule has 0 amide bonds. The van der Waals surface area contributed by atoms with Crippen LogP contribution in [0.4, 0.5) is 5.69 Å². The predicted molar refractivity (Wildman–Crippen MR) is 57.9 cm³/mol. The summed E-state index contributed by atoms with van der Waals surface area (Å²) < 4.78 is 0. The lowest BCUT2D eigenvalue weighted by Gasteiger charge is -2.13. The standard InChI is InChI=1S/C11H14N2O2/c1-8-6-12-7-11(8)9-2-4-10(5-3-9)13(14)15/h2-5,8,11-12H,6-7H2,1H3/t8-,11+/m0/s1. The molecule has 1 fully saturated rings. The Morgan fingerprint density at radius 1 is 1.33 bits per heavy atom. The first-order chi connectivity index (χ1) is 7.18. The second-order valence-corrected chi connectivity index (χ2v) is 4.09. The van der Waals surface area contributed by atoms with E-state index in [-0.39, 0.29) is 10.6 Å². The highest BCUT2D eigenvalue weighted by Gasteiger charge is 2.24. The van der Waals surface area contributed by atoms with E-state index in [1.165, 1.54) is 5.56 Å². The number of nitro benzene ring substituents is 1. The van der Waals surface area contributed by atoms with Gasteiger partial charge in [-0.15, -0.1) is 0 Å². The van der Waals surface area contributed by atoms with E-state index in [4.69, 9.17) is 0 Å². The highest BCUT2D eigenvalue weighted by molar-refractivity contribution is 5.35. The zero-order chi connectivity index (χ0) is 10.8. The minimum absolute atomic E-state index is 0.164. The van der Waals surface area contributed by atoms with E-state index in [1.54, 1.807) is 12.1 Å². The van der Waals surface area contributed by atoms with Crippen molar-refractivity contribution in [1.82, 2.24) is 5.32 Å². The van der Waals surface area contributed by atoms with Crippen molar-refractivity contribution in [3.63, 3.8) is 0 Å². The molecule has 0 aromatic heterocycles. The zero-order valence-corrected chi connectivity index (χ0v) is 8.64. The highest BCUT2D eigenvalue weighted by Crippen LogP contribution is 2.28. The van der Waals surface area contributed by atoms with E-state index in [0.29, 0.717) is 11.8 Å². The smallest absolute Gasteiger partial charge is 0.269 e. The lowest BCUT2D eigenvalue weighted by atomic mass is 9.90. The minimum Gasteiger partial charge on any atom is -0.316 e. The number of non-ortho nitro benzene ring substituents is 1. The SMILES string of the molecule is C[C@H]1CNC[C@H]1c1ccc([N+](=O)[O-])cc1. The molecule has 0 unspecified atom stereocenters. The number of nitro groups is 1. The maximum atomic E-state index is 10.5. The number of benzene rings is 1. The molecule has 0 spiro atoms. The van der Waals surface area contributed by atoms with Crippen molar-refractivity contribution >= 4 is 5.69 Å². The van der Waals surface area contributed by atoms with Gasteiger partial charge in [0.1, 0.15) is 0 Å². The van der Waals surface area contributed by atoms with Crippen LogP contribution in [0.25, 0.3) is 0 Å². The van der Waals surface area contributed by atoms with E-state index >= 15 is 0 Å². The second kappa shape index (κ2) is 3.98. The van der Waals surface area contributed by atoms with Crippen molar-refractivity contribution in [2.45, 2.75) is 12.8 Å². The molecule has 1 aromatic rings. The van der Waals surface area contributed by atoms with Crippen LogP contribution < -0.4 is 5.32 Å². The molecule has 80 valence electrons. The molecule has 0 aliphatic carbocycles. The van der Waals surface area contributed by atoms with Crippen LogP contribution in [0.5, 0.6) is 0 Å². The molecule has 2 atom stereocenters.